The summed E-state index contributed by atoms with van der Waals surface area (Å²) in [4.78, 5) is 14.4. The zero-order valence-corrected chi connectivity index (χ0v) is 11.4. The predicted octanol–water partition coefficient (Wildman–Crippen LogP) is 3.79. The number of anilines is 2. The van der Waals surface area contributed by atoms with Crippen molar-refractivity contribution in [2.24, 2.45) is 0 Å². The van der Waals surface area contributed by atoms with Crippen molar-refractivity contribution in [2.45, 2.75) is 6.92 Å². The fourth-order valence-corrected chi connectivity index (χ4v) is 1.79. The van der Waals surface area contributed by atoms with E-state index in [0.29, 0.717) is 18.0 Å². The van der Waals surface area contributed by atoms with Gasteiger partial charge in [0.15, 0.2) is 0 Å². The van der Waals surface area contributed by atoms with Crippen molar-refractivity contribution >= 4 is 28.8 Å². The Labute approximate surface area is 120 Å². The highest BCUT2D eigenvalue weighted by Gasteiger charge is 2.17. The number of ether oxygens (including phenoxy) is 1. The minimum Gasteiger partial charge on any atom is -0.492 e. The lowest BCUT2D eigenvalue weighted by Gasteiger charge is -2.11. The molecule has 0 bridgehead atoms. The first-order valence-electron chi connectivity index (χ1n) is 5.91. The van der Waals surface area contributed by atoms with Crippen LogP contribution in [0.2, 0.25) is 5.15 Å². The van der Waals surface area contributed by atoms with Gasteiger partial charge in [0.25, 0.3) is 0 Å². The lowest BCUT2D eigenvalue weighted by atomic mass is 10.3. The SMILES string of the molecule is CCOc1ccccc1Nc1nc(Cl)ccc1[N+](=O)[O-]. The van der Waals surface area contributed by atoms with Gasteiger partial charge in [-0.2, -0.15) is 0 Å². The third-order valence-corrected chi connectivity index (χ3v) is 2.69. The highest BCUT2D eigenvalue weighted by molar-refractivity contribution is 6.29. The van der Waals surface area contributed by atoms with Crippen molar-refractivity contribution in [2.75, 3.05) is 11.9 Å². The van der Waals surface area contributed by atoms with E-state index in [4.69, 9.17) is 16.3 Å². The Kier molecular flexibility index (Phi) is 4.37. The first kappa shape index (κ1) is 14.1. The van der Waals surface area contributed by atoms with Gasteiger partial charge in [0, 0.05) is 6.07 Å². The predicted molar refractivity (Wildman–Crippen MR) is 76.8 cm³/mol. The molecular formula is C13H12ClN3O3. The number of halogens is 1. The smallest absolute Gasteiger partial charge is 0.311 e. The fourth-order valence-electron chi connectivity index (χ4n) is 1.65. The number of pyridine rings is 1. The Balaban J connectivity index is 2.39. The summed E-state index contributed by atoms with van der Waals surface area (Å²) in [6, 6.07) is 9.80. The molecular weight excluding hydrogens is 282 g/mol. The van der Waals surface area contributed by atoms with Crippen LogP contribution in [0.25, 0.3) is 0 Å². The Morgan fingerprint density at radius 2 is 2.10 bits per heavy atom. The minimum absolute atomic E-state index is 0.0784. The average molecular weight is 294 g/mol. The molecule has 1 aromatic heterocycles. The van der Waals surface area contributed by atoms with Crippen molar-refractivity contribution in [3.05, 3.63) is 51.7 Å². The van der Waals surface area contributed by atoms with Crippen LogP contribution in [0.15, 0.2) is 36.4 Å². The minimum atomic E-state index is -0.519. The molecule has 6 nitrogen and oxygen atoms in total. The maximum atomic E-state index is 11.0. The van der Waals surface area contributed by atoms with Crippen LogP contribution in [-0.4, -0.2) is 16.5 Å². The van der Waals surface area contributed by atoms with Gasteiger partial charge in [-0.1, -0.05) is 23.7 Å². The summed E-state index contributed by atoms with van der Waals surface area (Å²) < 4.78 is 5.45. The van der Waals surface area contributed by atoms with Crippen LogP contribution in [0.3, 0.4) is 0 Å². The number of nitrogens with zero attached hydrogens (tertiary/aromatic N) is 2. The molecule has 2 rings (SSSR count). The van der Waals surface area contributed by atoms with Crippen LogP contribution in [0.4, 0.5) is 17.2 Å². The van der Waals surface area contributed by atoms with Gasteiger partial charge < -0.3 is 10.1 Å². The monoisotopic (exact) mass is 293 g/mol. The van der Waals surface area contributed by atoms with Crippen LogP contribution < -0.4 is 10.1 Å². The first-order valence-corrected chi connectivity index (χ1v) is 6.29. The molecule has 0 spiro atoms. The van der Waals surface area contributed by atoms with E-state index in [1.54, 1.807) is 18.2 Å². The number of hydrogen-bond donors (Lipinski definition) is 1. The van der Waals surface area contributed by atoms with Gasteiger partial charge in [0.2, 0.25) is 5.82 Å². The number of para-hydroxylation sites is 2. The van der Waals surface area contributed by atoms with E-state index < -0.39 is 4.92 Å². The number of rotatable bonds is 5. The van der Waals surface area contributed by atoms with Crippen molar-refractivity contribution in [3.63, 3.8) is 0 Å². The number of aromatic nitrogens is 1. The summed E-state index contributed by atoms with van der Waals surface area (Å²) >= 11 is 5.78. The second kappa shape index (κ2) is 6.21. The zero-order chi connectivity index (χ0) is 14.5. The number of benzene rings is 1. The van der Waals surface area contributed by atoms with E-state index in [-0.39, 0.29) is 16.7 Å². The first-order chi connectivity index (χ1) is 9.61. The van der Waals surface area contributed by atoms with E-state index in [2.05, 4.69) is 10.3 Å². The highest BCUT2D eigenvalue weighted by atomic mass is 35.5. The number of nitro groups is 1. The van der Waals surface area contributed by atoms with E-state index in [1.165, 1.54) is 12.1 Å². The summed E-state index contributed by atoms with van der Waals surface area (Å²) in [7, 11) is 0. The van der Waals surface area contributed by atoms with E-state index in [0.717, 1.165) is 0 Å². The second-order valence-electron chi connectivity index (χ2n) is 3.81. The summed E-state index contributed by atoms with van der Waals surface area (Å²) in [5.74, 6) is 0.667. The van der Waals surface area contributed by atoms with Gasteiger partial charge in [-0.3, -0.25) is 10.1 Å². The second-order valence-corrected chi connectivity index (χ2v) is 4.20. The van der Waals surface area contributed by atoms with E-state index in [1.807, 2.05) is 13.0 Å². The Hall–Kier alpha value is -2.34. The van der Waals surface area contributed by atoms with Gasteiger partial charge >= 0.3 is 5.69 Å². The third-order valence-electron chi connectivity index (χ3n) is 2.48. The van der Waals surface area contributed by atoms with Crippen LogP contribution in [0.5, 0.6) is 5.75 Å². The van der Waals surface area contributed by atoms with Crippen LogP contribution >= 0.6 is 11.6 Å². The van der Waals surface area contributed by atoms with Crippen molar-refractivity contribution in [1.82, 2.24) is 4.98 Å². The van der Waals surface area contributed by atoms with E-state index in [9.17, 15) is 10.1 Å². The maximum absolute atomic E-state index is 11.0. The molecule has 0 radical (unpaired) electrons. The molecule has 1 N–H and O–H groups in total. The maximum Gasteiger partial charge on any atom is 0.311 e. The largest absolute Gasteiger partial charge is 0.492 e. The molecule has 104 valence electrons. The Bertz CT molecular complexity index is 634. The van der Waals surface area contributed by atoms with Gasteiger partial charge in [-0.25, -0.2) is 4.98 Å². The lowest BCUT2D eigenvalue weighted by molar-refractivity contribution is -0.384. The number of nitrogens with one attached hydrogen (secondary N) is 1. The van der Waals surface area contributed by atoms with Gasteiger partial charge in [0.05, 0.1) is 17.2 Å². The zero-order valence-electron chi connectivity index (χ0n) is 10.7. The lowest BCUT2D eigenvalue weighted by Crippen LogP contribution is -2.02. The van der Waals surface area contributed by atoms with Crippen molar-refractivity contribution in [1.29, 1.82) is 0 Å². The topological polar surface area (TPSA) is 77.3 Å². The van der Waals surface area contributed by atoms with Crippen LogP contribution in [-0.2, 0) is 0 Å². The molecule has 0 unspecified atom stereocenters. The molecule has 0 saturated carbocycles. The van der Waals surface area contributed by atoms with Gasteiger partial charge in [0.1, 0.15) is 10.9 Å². The van der Waals surface area contributed by atoms with Crippen molar-refractivity contribution in [3.8, 4) is 5.75 Å². The summed E-state index contributed by atoms with van der Waals surface area (Å²) in [6.07, 6.45) is 0. The summed E-state index contributed by atoms with van der Waals surface area (Å²) in [6.45, 7) is 2.35. The van der Waals surface area contributed by atoms with Gasteiger partial charge in [-0.15, -0.1) is 0 Å². The highest BCUT2D eigenvalue weighted by Crippen LogP contribution is 2.31. The van der Waals surface area contributed by atoms with Gasteiger partial charge in [-0.05, 0) is 25.1 Å². The molecule has 0 atom stereocenters. The molecule has 2 aromatic rings. The Morgan fingerprint density at radius 1 is 1.35 bits per heavy atom. The Morgan fingerprint density at radius 3 is 2.80 bits per heavy atom. The fraction of sp³-hybridized carbons (Fsp3) is 0.154. The molecule has 0 aliphatic rings. The molecule has 0 amide bonds. The molecule has 0 fully saturated rings. The standard InChI is InChI=1S/C13H12ClN3O3/c1-2-20-11-6-4-3-5-9(11)15-13-10(17(18)19)7-8-12(14)16-13/h3-8H,2H2,1H3,(H,15,16). The molecule has 1 heterocycles. The van der Waals surface area contributed by atoms with E-state index >= 15 is 0 Å². The molecule has 1 aromatic carbocycles. The van der Waals surface area contributed by atoms with Crippen molar-refractivity contribution < 1.29 is 9.66 Å². The summed E-state index contributed by atoms with van der Waals surface area (Å²) in [5.41, 5.74) is 0.438. The quantitative estimate of drug-likeness (QED) is 0.515. The average Bonchev–Trinajstić information content (AvgIpc) is 2.41. The molecule has 0 saturated heterocycles. The molecule has 7 heteroatoms. The molecule has 0 aliphatic heterocycles. The summed E-state index contributed by atoms with van der Waals surface area (Å²) in [5, 5.41) is 14.0. The normalized spacial score (nSPS) is 10.1. The number of hydrogen-bond acceptors (Lipinski definition) is 5. The third kappa shape index (κ3) is 3.16. The molecule has 0 aliphatic carbocycles. The van der Waals surface area contributed by atoms with Crippen LogP contribution in [0.1, 0.15) is 6.92 Å². The molecule has 20 heavy (non-hydrogen) atoms. The van der Waals surface area contributed by atoms with Crippen LogP contribution in [0, 0.1) is 10.1 Å².